The first-order valence-electron chi connectivity index (χ1n) is 36.5. The van der Waals surface area contributed by atoms with Crippen LogP contribution in [0.1, 0.15) is 160 Å². The molecule has 0 rings (SSSR count). The van der Waals surface area contributed by atoms with E-state index in [0.29, 0.717) is 32.2 Å². The maximum atomic E-state index is 14.2. The fraction of sp³-hybridized carbons (Fsp3) is 0.735. The molecule has 27 N–H and O–H groups in total. The Morgan fingerprint density at radius 3 is 1.12 bits per heavy atom. The van der Waals surface area contributed by atoms with Crippen LogP contribution < -0.4 is 97.0 Å². The average molecular weight is 1570 g/mol. The lowest BCUT2D eigenvalue weighted by Gasteiger charge is -2.30. The van der Waals surface area contributed by atoms with Gasteiger partial charge < -0.3 is 128 Å². The molecule has 0 aromatic rings. The minimum absolute atomic E-state index is 0.000548. The molecule has 0 saturated carbocycles. The van der Waals surface area contributed by atoms with E-state index >= 15 is 0 Å². The fourth-order valence-electron chi connectivity index (χ4n) is 10.4. The second-order valence-electron chi connectivity index (χ2n) is 28.5. The minimum Gasteiger partial charge on any atom is -0.481 e. The number of amides is 15. The van der Waals surface area contributed by atoms with Gasteiger partial charge in [-0.3, -0.25) is 81.5 Å². The van der Waals surface area contributed by atoms with Crippen molar-refractivity contribution in [3.05, 3.63) is 0 Å². The summed E-state index contributed by atoms with van der Waals surface area (Å²) < 4.78 is 0. The summed E-state index contributed by atoms with van der Waals surface area (Å²) in [4.78, 5) is 237. The van der Waals surface area contributed by atoms with Gasteiger partial charge >= 0.3 is 17.9 Å². The molecule has 110 heavy (non-hydrogen) atoms. The Labute approximate surface area is 638 Å². The number of aliphatic hydroxyl groups is 3. The third kappa shape index (κ3) is 40.1. The number of carboxylic acid groups (broad SMARTS) is 3. The molecule has 0 aliphatic heterocycles. The summed E-state index contributed by atoms with van der Waals surface area (Å²) >= 11 is 0. The van der Waals surface area contributed by atoms with E-state index < -0.39 is 255 Å². The number of hydrogen-bond donors (Lipinski definition) is 24. The Morgan fingerprint density at radius 1 is 0.327 bits per heavy atom. The molecule has 14 atom stereocenters. The summed E-state index contributed by atoms with van der Waals surface area (Å²) in [6, 6.07) is -19.8. The predicted octanol–water partition coefficient (Wildman–Crippen LogP) is -8.00. The third-order valence-electron chi connectivity index (χ3n) is 16.4. The molecule has 626 valence electrons. The number of nitrogens with two attached hydrogens (primary N) is 3. The highest BCUT2D eigenvalue weighted by Gasteiger charge is 2.39. The first-order valence-corrected chi connectivity index (χ1v) is 36.5. The van der Waals surface area contributed by atoms with Crippen molar-refractivity contribution in [1.29, 1.82) is 0 Å². The first-order chi connectivity index (χ1) is 51.3. The van der Waals surface area contributed by atoms with Crippen LogP contribution in [0.2, 0.25) is 0 Å². The second kappa shape index (κ2) is 52.4. The molecule has 0 aliphatic rings. The maximum Gasteiger partial charge on any atom is 0.326 e. The molecule has 0 unspecified atom stereocenters. The minimum atomic E-state index is -1.90. The van der Waals surface area contributed by atoms with Crippen LogP contribution in [0.3, 0.4) is 0 Å². The summed E-state index contributed by atoms with van der Waals surface area (Å²) in [6.07, 6.45) is -1.91. The Hall–Kier alpha value is -9.78. The number of rotatable bonds is 55. The third-order valence-corrected chi connectivity index (χ3v) is 16.4. The largest absolute Gasteiger partial charge is 0.481 e. The molecule has 42 heteroatoms. The van der Waals surface area contributed by atoms with Crippen LogP contribution in [0.4, 0.5) is 0 Å². The van der Waals surface area contributed by atoms with Gasteiger partial charge in [-0.2, -0.15) is 0 Å². The lowest BCUT2D eigenvalue weighted by Crippen LogP contribution is -2.63. The zero-order chi connectivity index (χ0) is 84.4. The number of nitrogens with one attached hydrogen (secondary N) is 15. The Morgan fingerprint density at radius 2 is 0.682 bits per heavy atom. The van der Waals surface area contributed by atoms with Crippen molar-refractivity contribution in [1.82, 2.24) is 79.8 Å². The monoisotopic (exact) mass is 1570 g/mol. The van der Waals surface area contributed by atoms with Gasteiger partial charge in [-0.1, -0.05) is 75.7 Å². The molecule has 0 aliphatic carbocycles. The predicted molar refractivity (Wildman–Crippen MR) is 392 cm³/mol. The normalized spacial score (nSPS) is 15.1. The quantitative estimate of drug-likeness (QED) is 0.0252. The smallest absolute Gasteiger partial charge is 0.326 e. The SMILES string of the molecule is CC(C)C[C@H](NC(=O)[C@H](CCCCN)NC(=O)[C@H](CO)NC(=O)[C@@H](N)CCCCN)C(=O)NCC(=O)N[C@@H](CC(=O)O)C(=O)N[C@@H](CC(C)C)C(=O)N[C@H](C(=O)N[C@H](C(=O)N[C@H](C(=O)N[C@@H](CO)C(=O)N[C@@H](CC(C)C)C(=O)N[C@@H](C)C(=O)NCC(=O)NCC(=O)N[C@@H](CCC(=O)O)C(=O)O)C(C)C)[C@@H](C)O)C(C)C. The standard InChI is InChI=1S/C68H120N18O24/c1-32(2)23-42(79-59(100)40(18-14-16-22-70)78-63(104)46(30-87)82-57(98)39(71)17-13-15-21-69)58(99)74-29-50(92)77-45(26-52(95)96)61(102)80-44(25-34(5)6)62(103)84-54(36(9)10)66(107)86-55(38(12)89)67(108)85-53(35(7)8)65(106)83-47(31-88)64(105)81-43(24-33(3)4)60(101)75-37(11)56(97)73-27-48(90)72-28-49(91)76-41(68(109)110)19-20-51(93)94/h32-47,53-55,87-89H,13-31,69-71H2,1-12H3,(H,72,90)(H,73,97)(H,74,99)(H,75,101)(H,76,91)(H,77,92)(H,78,104)(H,79,100)(H,80,102)(H,81,105)(H,82,98)(H,83,106)(H,84,103)(H,85,108)(H,86,107)(H,93,94)(H,95,96)(H,109,110)/t37-,38+,39-,40-,41-,42-,43-,44-,45-,46-,47-,53-,54-,55-/m0/s1. The van der Waals surface area contributed by atoms with E-state index in [1.54, 1.807) is 41.5 Å². The highest BCUT2D eigenvalue weighted by Crippen LogP contribution is 2.14. The van der Waals surface area contributed by atoms with Gasteiger partial charge in [0.25, 0.3) is 0 Å². The summed E-state index contributed by atoms with van der Waals surface area (Å²) in [5.41, 5.74) is 17.1. The molecular formula is C68H120N18O24. The molecule has 0 aromatic carbocycles. The molecule has 0 spiro atoms. The van der Waals surface area contributed by atoms with Crippen LogP contribution in [0, 0.1) is 29.6 Å². The Bertz CT molecular complexity index is 3100. The molecule has 0 radical (unpaired) electrons. The van der Waals surface area contributed by atoms with E-state index in [0.717, 1.165) is 6.92 Å². The van der Waals surface area contributed by atoms with E-state index in [9.17, 15) is 112 Å². The molecular weight excluding hydrogens is 1450 g/mol. The lowest BCUT2D eigenvalue weighted by atomic mass is 9.98. The van der Waals surface area contributed by atoms with E-state index in [2.05, 4.69) is 79.8 Å². The van der Waals surface area contributed by atoms with Gasteiger partial charge in [0.1, 0.15) is 72.5 Å². The number of hydrogen-bond acceptors (Lipinski definition) is 24. The van der Waals surface area contributed by atoms with Gasteiger partial charge in [0.2, 0.25) is 88.6 Å². The molecule has 0 heterocycles. The number of carbonyl (C=O) groups is 18. The first kappa shape index (κ1) is 100. The molecule has 0 bridgehead atoms. The number of aliphatic carboxylic acids is 3. The van der Waals surface area contributed by atoms with Gasteiger partial charge in [-0.25, -0.2) is 4.79 Å². The number of carboxylic acids is 3. The molecule has 42 nitrogen and oxygen atoms in total. The van der Waals surface area contributed by atoms with Crippen molar-refractivity contribution < 1.29 is 117 Å². The van der Waals surface area contributed by atoms with Crippen molar-refractivity contribution in [2.24, 2.45) is 46.8 Å². The highest BCUT2D eigenvalue weighted by molar-refractivity contribution is 6.00. The van der Waals surface area contributed by atoms with Crippen LogP contribution in [-0.4, -0.2) is 268 Å². The van der Waals surface area contributed by atoms with Gasteiger partial charge in [0.15, 0.2) is 0 Å². The van der Waals surface area contributed by atoms with Crippen LogP contribution in [-0.2, 0) is 86.3 Å². The summed E-state index contributed by atoms with van der Waals surface area (Å²) in [7, 11) is 0. The van der Waals surface area contributed by atoms with Crippen LogP contribution >= 0.6 is 0 Å². The van der Waals surface area contributed by atoms with E-state index in [4.69, 9.17) is 22.3 Å². The van der Waals surface area contributed by atoms with Crippen molar-refractivity contribution >= 4 is 107 Å². The van der Waals surface area contributed by atoms with Crippen LogP contribution in [0.5, 0.6) is 0 Å². The maximum absolute atomic E-state index is 14.2. The van der Waals surface area contributed by atoms with Gasteiger partial charge in [-0.15, -0.1) is 0 Å². The number of aliphatic hydroxyl groups excluding tert-OH is 3. The summed E-state index contributed by atoms with van der Waals surface area (Å²) in [5.74, 6) is -21.9. The van der Waals surface area contributed by atoms with Crippen molar-refractivity contribution in [2.75, 3.05) is 45.9 Å². The zero-order valence-electron chi connectivity index (χ0n) is 64.7. The Kier molecular flexibility index (Phi) is 47.7. The molecule has 0 aromatic heterocycles. The molecule has 0 fully saturated rings. The van der Waals surface area contributed by atoms with Gasteiger partial charge in [-0.05, 0) is 114 Å². The lowest BCUT2D eigenvalue weighted by molar-refractivity contribution is -0.143. The highest BCUT2D eigenvalue weighted by atomic mass is 16.4. The average Bonchev–Trinajstić information content (AvgIpc) is 0.847. The number of unbranched alkanes of at least 4 members (excludes halogenated alkanes) is 2. The van der Waals surface area contributed by atoms with Crippen molar-refractivity contribution in [3.63, 3.8) is 0 Å². The van der Waals surface area contributed by atoms with E-state index in [1.807, 2.05) is 0 Å². The Balaban J connectivity index is 6.33. The summed E-state index contributed by atoms with van der Waals surface area (Å²) in [5, 5.41) is 94.4. The van der Waals surface area contributed by atoms with Crippen LogP contribution in [0.25, 0.3) is 0 Å². The molecule has 0 saturated heterocycles. The van der Waals surface area contributed by atoms with E-state index in [-0.39, 0.29) is 56.4 Å². The van der Waals surface area contributed by atoms with Gasteiger partial charge in [0.05, 0.1) is 51.4 Å². The number of carbonyl (C=O) groups excluding carboxylic acids is 15. The molecule has 15 amide bonds. The van der Waals surface area contributed by atoms with E-state index in [1.165, 1.54) is 34.6 Å². The summed E-state index contributed by atoms with van der Waals surface area (Å²) in [6.45, 7) is 14.7. The zero-order valence-corrected chi connectivity index (χ0v) is 64.7. The topological polar surface area (TPSA) is 687 Å². The van der Waals surface area contributed by atoms with Crippen LogP contribution in [0.15, 0.2) is 0 Å². The van der Waals surface area contributed by atoms with Gasteiger partial charge in [0, 0.05) is 6.42 Å². The van der Waals surface area contributed by atoms with Crippen molar-refractivity contribution in [3.8, 4) is 0 Å². The second-order valence-corrected chi connectivity index (χ2v) is 28.5. The van der Waals surface area contributed by atoms with Crippen molar-refractivity contribution in [2.45, 2.75) is 245 Å². The fourth-order valence-corrected chi connectivity index (χ4v) is 10.4.